The monoisotopic (exact) mass is 434 g/mol. The van der Waals surface area contributed by atoms with Gasteiger partial charge in [-0.3, -0.25) is 4.99 Å². The Morgan fingerprint density at radius 1 is 1.41 bits per heavy atom. The van der Waals surface area contributed by atoms with Gasteiger partial charge in [0.15, 0.2) is 5.96 Å². The highest BCUT2D eigenvalue weighted by molar-refractivity contribution is 7.09. The molecule has 0 aliphatic carbocycles. The molecule has 1 fully saturated rings. The summed E-state index contributed by atoms with van der Waals surface area (Å²) >= 11 is 8.02. The van der Waals surface area contributed by atoms with Gasteiger partial charge in [-0.1, -0.05) is 32.4 Å². The van der Waals surface area contributed by atoms with Crippen molar-refractivity contribution < 1.29 is 0 Å². The topological polar surface area (TPSA) is 65.4 Å². The van der Waals surface area contributed by atoms with E-state index in [-0.39, 0.29) is 5.41 Å². The fourth-order valence-corrected chi connectivity index (χ4v) is 4.48. The second-order valence-electron chi connectivity index (χ2n) is 8.27. The number of anilines is 1. The fourth-order valence-electron chi connectivity index (χ4n) is 3.23. The average molecular weight is 435 g/mol. The summed E-state index contributed by atoms with van der Waals surface area (Å²) in [6, 6.07) is 4.07. The molecule has 1 aliphatic rings. The van der Waals surface area contributed by atoms with Gasteiger partial charge < -0.3 is 15.5 Å². The Bertz CT molecular complexity index is 829. The summed E-state index contributed by atoms with van der Waals surface area (Å²) < 4.78 is 0. The van der Waals surface area contributed by atoms with Crippen LogP contribution in [-0.4, -0.2) is 48.1 Å². The van der Waals surface area contributed by atoms with Gasteiger partial charge in [0.05, 0.1) is 15.7 Å². The number of guanidine groups is 1. The van der Waals surface area contributed by atoms with E-state index >= 15 is 0 Å². The van der Waals surface area contributed by atoms with Crippen LogP contribution < -0.4 is 15.5 Å². The molecule has 1 aliphatic heterocycles. The summed E-state index contributed by atoms with van der Waals surface area (Å²) in [5.41, 5.74) is 1.25. The van der Waals surface area contributed by atoms with E-state index in [9.17, 15) is 0 Å². The first kappa shape index (κ1) is 21.8. The molecule has 0 bridgehead atoms. The number of aromatic nitrogens is 2. The van der Waals surface area contributed by atoms with E-state index in [1.807, 2.05) is 12.1 Å². The number of rotatable bonds is 6. The third kappa shape index (κ3) is 6.06. The molecule has 6 nitrogen and oxygen atoms in total. The third-order valence-electron chi connectivity index (χ3n) is 4.83. The zero-order chi connectivity index (χ0) is 20.9. The van der Waals surface area contributed by atoms with Crippen molar-refractivity contribution in [1.82, 2.24) is 20.6 Å². The number of pyridine rings is 1. The number of thiazole rings is 1. The SMILES string of the molecule is CCNC(=NCCc1nc(C(C)(C)C)cs1)NC1CCN(c2ncccc2Cl)C1. The van der Waals surface area contributed by atoms with Crippen LogP contribution in [0.15, 0.2) is 28.7 Å². The fraction of sp³-hybridized carbons (Fsp3) is 0.571. The standard InChI is InChI=1S/C21H31ClN6S/c1-5-23-20(25-11-8-18-27-17(14-29-18)21(2,3)4)26-15-9-12-28(13-15)19-16(22)7-6-10-24-19/h6-7,10,14-15H,5,8-9,11-13H2,1-4H3,(H2,23,25,26). The summed E-state index contributed by atoms with van der Waals surface area (Å²) in [6.07, 6.45) is 3.67. The van der Waals surface area contributed by atoms with Gasteiger partial charge in [0, 0.05) is 55.6 Å². The Hall–Kier alpha value is -1.86. The van der Waals surface area contributed by atoms with E-state index in [0.717, 1.165) is 61.5 Å². The number of hydrogen-bond donors (Lipinski definition) is 2. The van der Waals surface area contributed by atoms with Crippen LogP contribution in [0.25, 0.3) is 0 Å². The molecule has 158 valence electrons. The highest BCUT2D eigenvalue weighted by Crippen LogP contribution is 2.26. The molecule has 0 radical (unpaired) electrons. The van der Waals surface area contributed by atoms with E-state index in [4.69, 9.17) is 21.6 Å². The number of hydrogen-bond acceptors (Lipinski definition) is 5. The lowest BCUT2D eigenvalue weighted by atomic mass is 9.93. The van der Waals surface area contributed by atoms with Crippen LogP contribution in [0.1, 0.15) is 44.8 Å². The zero-order valence-electron chi connectivity index (χ0n) is 17.7. The first-order chi connectivity index (χ1) is 13.9. The van der Waals surface area contributed by atoms with Gasteiger partial charge in [0.2, 0.25) is 0 Å². The third-order valence-corrected chi connectivity index (χ3v) is 6.03. The quantitative estimate of drug-likeness (QED) is 0.533. The Kier molecular flexibility index (Phi) is 7.35. The van der Waals surface area contributed by atoms with Crippen LogP contribution in [-0.2, 0) is 11.8 Å². The van der Waals surface area contributed by atoms with Gasteiger partial charge in [0.25, 0.3) is 0 Å². The zero-order valence-corrected chi connectivity index (χ0v) is 19.3. The molecule has 0 spiro atoms. The molecular formula is C21H31ClN6S. The normalized spacial score (nSPS) is 17.6. The minimum atomic E-state index is 0.0966. The molecule has 3 heterocycles. The smallest absolute Gasteiger partial charge is 0.191 e. The summed E-state index contributed by atoms with van der Waals surface area (Å²) in [5, 5.41) is 10.9. The minimum absolute atomic E-state index is 0.0966. The first-order valence-electron chi connectivity index (χ1n) is 10.2. The number of nitrogens with one attached hydrogen (secondary N) is 2. The summed E-state index contributed by atoms with van der Waals surface area (Å²) in [5.74, 6) is 1.72. The largest absolute Gasteiger partial charge is 0.357 e. The van der Waals surface area contributed by atoms with Gasteiger partial charge in [-0.25, -0.2) is 9.97 Å². The molecule has 2 N–H and O–H groups in total. The average Bonchev–Trinajstić information content (AvgIpc) is 3.32. The van der Waals surface area contributed by atoms with Gasteiger partial charge >= 0.3 is 0 Å². The van der Waals surface area contributed by atoms with Gasteiger partial charge in [-0.2, -0.15) is 0 Å². The first-order valence-corrected chi connectivity index (χ1v) is 11.5. The number of aliphatic imine (C=N–C) groups is 1. The maximum Gasteiger partial charge on any atom is 0.191 e. The Morgan fingerprint density at radius 3 is 2.93 bits per heavy atom. The predicted octanol–water partition coefficient (Wildman–Crippen LogP) is 3.87. The number of nitrogens with zero attached hydrogens (tertiary/aromatic N) is 4. The lowest BCUT2D eigenvalue weighted by molar-refractivity contribution is 0.571. The van der Waals surface area contributed by atoms with Crippen LogP contribution in [0.3, 0.4) is 0 Å². The van der Waals surface area contributed by atoms with Crippen molar-refractivity contribution in [3.05, 3.63) is 39.4 Å². The molecule has 0 amide bonds. The van der Waals surface area contributed by atoms with Gasteiger partial charge in [-0.05, 0) is 25.5 Å². The van der Waals surface area contributed by atoms with Crippen LogP contribution in [0.2, 0.25) is 5.02 Å². The number of halogens is 1. The van der Waals surface area contributed by atoms with Crippen molar-refractivity contribution in [2.24, 2.45) is 4.99 Å². The maximum atomic E-state index is 6.30. The molecule has 8 heteroatoms. The van der Waals surface area contributed by atoms with E-state index in [1.165, 1.54) is 0 Å². The Balaban J connectivity index is 1.54. The molecule has 29 heavy (non-hydrogen) atoms. The van der Waals surface area contributed by atoms with Gasteiger partial charge in [-0.15, -0.1) is 11.3 Å². The second kappa shape index (κ2) is 9.76. The summed E-state index contributed by atoms with van der Waals surface area (Å²) in [7, 11) is 0. The molecule has 0 saturated carbocycles. The molecule has 2 aromatic rings. The summed E-state index contributed by atoms with van der Waals surface area (Å²) in [6.45, 7) is 12.0. The highest BCUT2D eigenvalue weighted by atomic mass is 35.5. The van der Waals surface area contributed by atoms with E-state index in [0.29, 0.717) is 11.1 Å². The Morgan fingerprint density at radius 2 is 2.24 bits per heavy atom. The maximum absolute atomic E-state index is 6.30. The molecule has 1 saturated heterocycles. The minimum Gasteiger partial charge on any atom is -0.357 e. The van der Waals surface area contributed by atoms with Crippen molar-refractivity contribution in [2.75, 3.05) is 31.1 Å². The van der Waals surface area contributed by atoms with Crippen LogP contribution in [0.5, 0.6) is 0 Å². The summed E-state index contributed by atoms with van der Waals surface area (Å²) in [4.78, 5) is 16.2. The van der Waals surface area contributed by atoms with E-state index in [1.54, 1.807) is 17.5 Å². The van der Waals surface area contributed by atoms with Crippen molar-refractivity contribution >= 4 is 34.7 Å². The van der Waals surface area contributed by atoms with E-state index in [2.05, 4.69) is 53.6 Å². The van der Waals surface area contributed by atoms with Crippen LogP contribution in [0, 0.1) is 0 Å². The lowest BCUT2D eigenvalue weighted by Crippen LogP contribution is -2.44. The van der Waals surface area contributed by atoms with Crippen molar-refractivity contribution in [2.45, 2.75) is 52.0 Å². The van der Waals surface area contributed by atoms with Gasteiger partial charge in [0.1, 0.15) is 5.82 Å². The molecular weight excluding hydrogens is 404 g/mol. The molecule has 2 aromatic heterocycles. The van der Waals surface area contributed by atoms with Crippen LogP contribution >= 0.6 is 22.9 Å². The molecule has 3 rings (SSSR count). The Labute approximate surface area is 182 Å². The molecule has 1 unspecified atom stereocenters. The lowest BCUT2D eigenvalue weighted by Gasteiger charge is -2.20. The van der Waals surface area contributed by atoms with E-state index < -0.39 is 0 Å². The van der Waals surface area contributed by atoms with Crippen molar-refractivity contribution in [1.29, 1.82) is 0 Å². The highest BCUT2D eigenvalue weighted by Gasteiger charge is 2.25. The predicted molar refractivity (Wildman–Crippen MR) is 123 cm³/mol. The molecule has 0 aromatic carbocycles. The van der Waals surface area contributed by atoms with Crippen LogP contribution in [0.4, 0.5) is 5.82 Å². The van der Waals surface area contributed by atoms with Crippen molar-refractivity contribution in [3.8, 4) is 0 Å². The molecule has 1 atom stereocenters. The second-order valence-corrected chi connectivity index (χ2v) is 9.62. The van der Waals surface area contributed by atoms with Crippen molar-refractivity contribution in [3.63, 3.8) is 0 Å².